The first-order chi connectivity index (χ1) is 10.9. The highest BCUT2D eigenvalue weighted by Gasteiger charge is 2.27. The number of hydrogen-bond donors (Lipinski definition) is 0. The summed E-state index contributed by atoms with van der Waals surface area (Å²) in [6, 6.07) is 3.72. The molecule has 0 aromatic carbocycles. The Hall–Kier alpha value is -1.89. The molecule has 3 rings (SSSR count). The summed E-state index contributed by atoms with van der Waals surface area (Å²) in [6.07, 6.45) is 1.35. The lowest BCUT2D eigenvalue weighted by molar-refractivity contribution is 0.0123. The largest absolute Gasteiger partial charge is 0.474 e. The van der Waals surface area contributed by atoms with Crippen molar-refractivity contribution in [2.24, 2.45) is 0 Å². The fourth-order valence-electron chi connectivity index (χ4n) is 2.41. The SMILES string of the molecule is CC(C)(C)OC(=O)N1CCC(Oc2ccc3n[c]sc3n2)CC1. The van der Waals surface area contributed by atoms with Crippen LogP contribution in [-0.4, -0.2) is 45.8 Å². The van der Waals surface area contributed by atoms with Crippen molar-refractivity contribution in [1.29, 1.82) is 0 Å². The smallest absolute Gasteiger partial charge is 0.410 e. The molecule has 1 amide bonds. The van der Waals surface area contributed by atoms with E-state index >= 15 is 0 Å². The van der Waals surface area contributed by atoms with Gasteiger partial charge in [-0.15, -0.1) is 0 Å². The quantitative estimate of drug-likeness (QED) is 0.843. The predicted octanol–water partition coefficient (Wildman–Crippen LogP) is 3.27. The lowest BCUT2D eigenvalue weighted by atomic mass is 10.1. The molecule has 0 unspecified atom stereocenters. The van der Waals surface area contributed by atoms with Gasteiger partial charge in [0, 0.05) is 32.0 Å². The minimum Gasteiger partial charge on any atom is -0.474 e. The van der Waals surface area contributed by atoms with Gasteiger partial charge in [0.1, 0.15) is 22.1 Å². The van der Waals surface area contributed by atoms with Crippen LogP contribution in [0.2, 0.25) is 0 Å². The highest BCUT2D eigenvalue weighted by molar-refractivity contribution is 7.15. The molecule has 23 heavy (non-hydrogen) atoms. The van der Waals surface area contributed by atoms with E-state index in [0.717, 1.165) is 23.2 Å². The topological polar surface area (TPSA) is 64.5 Å². The van der Waals surface area contributed by atoms with Crippen molar-refractivity contribution in [2.75, 3.05) is 13.1 Å². The number of pyridine rings is 1. The Labute approximate surface area is 139 Å². The van der Waals surface area contributed by atoms with Crippen molar-refractivity contribution in [3.63, 3.8) is 0 Å². The van der Waals surface area contributed by atoms with E-state index in [9.17, 15) is 4.79 Å². The third kappa shape index (κ3) is 4.10. The zero-order valence-corrected chi connectivity index (χ0v) is 14.4. The molecule has 1 aliphatic heterocycles. The molecule has 0 aliphatic carbocycles. The molecule has 2 aromatic heterocycles. The van der Waals surface area contributed by atoms with Gasteiger partial charge in [0.2, 0.25) is 5.88 Å². The second kappa shape index (κ2) is 6.31. The number of carbonyl (C=O) groups excluding carboxylic acids is 1. The van der Waals surface area contributed by atoms with Crippen LogP contribution in [0.25, 0.3) is 10.3 Å². The van der Waals surface area contributed by atoms with Crippen LogP contribution in [0.4, 0.5) is 4.79 Å². The molecule has 2 aromatic rings. The van der Waals surface area contributed by atoms with Crippen molar-refractivity contribution in [1.82, 2.24) is 14.9 Å². The molecule has 1 radical (unpaired) electrons. The Morgan fingerprint density at radius 2 is 2.09 bits per heavy atom. The number of carbonyl (C=O) groups is 1. The summed E-state index contributed by atoms with van der Waals surface area (Å²) in [5.41, 5.74) is 3.19. The minimum absolute atomic E-state index is 0.0653. The lowest BCUT2D eigenvalue weighted by Crippen LogP contribution is -2.44. The van der Waals surface area contributed by atoms with Gasteiger partial charge < -0.3 is 14.4 Å². The van der Waals surface area contributed by atoms with Gasteiger partial charge in [0.15, 0.2) is 5.51 Å². The molecule has 1 aliphatic rings. The first kappa shape index (κ1) is 16.0. The van der Waals surface area contributed by atoms with Crippen LogP contribution in [0.15, 0.2) is 12.1 Å². The van der Waals surface area contributed by atoms with Gasteiger partial charge in [-0.05, 0) is 26.8 Å². The normalized spacial score (nSPS) is 16.6. The van der Waals surface area contributed by atoms with Gasteiger partial charge in [0.05, 0.1) is 0 Å². The van der Waals surface area contributed by atoms with E-state index < -0.39 is 5.60 Å². The number of rotatable bonds is 2. The van der Waals surface area contributed by atoms with E-state index in [2.05, 4.69) is 15.5 Å². The number of likely N-dealkylation sites (tertiary alicyclic amines) is 1. The number of aromatic nitrogens is 2. The Bertz CT molecular complexity index is 687. The maximum atomic E-state index is 12.0. The maximum absolute atomic E-state index is 12.0. The molecule has 6 nitrogen and oxygen atoms in total. The van der Waals surface area contributed by atoms with Gasteiger partial charge in [-0.1, -0.05) is 11.3 Å². The second-order valence-corrected chi connectivity index (χ2v) is 7.34. The molecule has 1 saturated heterocycles. The van der Waals surface area contributed by atoms with Crippen molar-refractivity contribution >= 4 is 27.8 Å². The number of fused-ring (bicyclic) bond motifs is 1. The number of ether oxygens (including phenoxy) is 2. The molecule has 0 saturated carbocycles. The number of hydrogen-bond acceptors (Lipinski definition) is 6. The van der Waals surface area contributed by atoms with Crippen molar-refractivity contribution < 1.29 is 14.3 Å². The van der Waals surface area contributed by atoms with Crippen molar-refractivity contribution in [3.8, 4) is 5.88 Å². The maximum Gasteiger partial charge on any atom is 0.410 e. The summed E-state index contributed by atoms with van der Waals surface area (Å²) in [5, 5.41) is 0. The van der Waals surface area contributed by atoms with Crippen molar-refractivity contribution in [2.45, 2.75) is 45.3 Å². The van der Waals surface area contributed by atoms with Crippen LogP contribution in [0.3, 0.4) is 0 Å². The standard InChI is InChI=1S/C16H20N3O3S/c1-16(2,3)22-15(20)19-8-6-11(7-9-19)21-13-5-4-12-14(18-13)23-10-17-12/h4-5,11H,6-9H2,1-3H3. The van der Waals surface area contributed by atoms with Gasteiger partial charge in [-0.2, -0.15) is 0 Å². The monoisotopic (exact) mass is 334 g/mol. The summed E-state index contributed by atoms with van der Waals surface area (Å²) < 4.78 is 11.3. The van der Waals surface area contributed by atoms with E-state index in [1.165, 1.54) is 11.3 Å². The molecular formula is C16H20N3O3S. The predicted molar refractivity (Wildman–Crippen MR) is 87.7 cm³/mol. The molecule has 7 heteroatoms. The summed E-state index contributed by atoms with van der Waals surface area (Å²) in [4.78, 5) is 23.1. The molecule has 3 heterocycles. The Morgan fingerprint density at radius 1 is 1.35 bits per heavy atom. The van der Waals surface area contributed by atoms with E-state index in [0.29, 0.717) is 19.0 Å². The van der Waals surface area contributed by atoms with Crippen LogP contribution in [0.5, 0.6) is 5.88 Å². The van der Waals surface area contributed by atoms with Crippen LogP contribution in [0.1, 0.15) is 33.6 Å². The van der Waals surface area contributed by atoms with E-state index in [1.54, 1.807) is 4.90 Å². The van der Waals surface area contributed by atoms with E-state index in [1.807, 2.05) is 32.9 Å². The third-order valence-electron chi connectivity index (χ3n) is 3.50. The molecule has 0 N–H and O–H groups in total. The molecule has 123 valence electrons. The molecule has 0 spiro atoms. The Kier molecular flexibility index (Phi) is 4.39. The average molecular weight is 334 g/mol. The van der Waals surface area contributed by atoms with Crippen LogP contribution in [-0.2, 0) is 4.74 Å². The number of piperidine rings is 1. The molecule has 0 bridgehead atoms. The molecule has 0 atom stereocenters. The fraction of sp³-hybridized carbons (Fsp3) is 0.562. The summed E-state index contributed by atoms with van der Waals surface area (Å²) in [7, 11) is 0. The molecular weight excluding hydrogens is 314 g/mol. The number of thiazole rings is 1. The van der Waals surface area contributed by atoms with E-state index in [-0.39, 0.29) is 12.2 Å². The van der Waals surface area contributed by atoms with Crippen molar-refractivity contribution in [3.05, 3.63) is 17.6 Å². The first-order valence-corrected chi connectivity index (χ1v) is 8.50. The summed E-state index contributed by atoms with van der Waals surface area (Å²) in [6.45, 7) is 6.89. The third-order valence-corrected chi connectivity index (χ3v) is 4.18. The van der Waals surface area contributed by atoms with Gasteiger partial charge in [0.25, 0.3) is 0 Å². The summed E-state index contributed by atoms with van der Waals surface area (Å²) >= 11 is 1.38. The van der Waals surface area contributed by atoms with Crippen LogP contribution in [0, 0.1) is 5.51 Å². The molecule has 1 fully saturated rings. The number of amides is 1. The second-order valence-electron chi connectivity index (χ2n) is 6.56. The summed E-state index contributed by atoms with van der Waals surface area (Å²) in [5.74, 6) is 0.603. The highest BCUT2D eigenvalue weighted by Crippen LogP contribution is 2.22. The fourth-order valence-corrected chi connectivity index (χ4v) is 2.99. The minimum atomic E-state index is -0.463. The number of nitrogens with zero attached hydrogens (tertiary/aromatic N) is 3. The Balaban J connectivity index is 1.53. The first-order valence-electron chi connectivity index (χ1n) is 7.69. The van der Waals surface area contributed by atoms with E-state index in [4.69, 9.17) is 9.47 Å². The highest BCUT2D eigenvalue weighted by atomic mass is 32.1. The average Bonchev–Trinajstić information content (AvgIpc) is 2.94. The van der Waals surface area contributed by atoms with Gasteiger partial charge >= 0.3 is 6.09 Å². The lowest BCUT2D eigenvalue weighted by Gasteiger charge is -2.33. The zero-order chi connectivity index (χ0) is 16.4. The van der Waals surface area contributed by atoms with Gasteiger partial charge in [-0.3, -0.25) is 0 Å². The Morgan fingerprint density at radius 3 is 2.78 bits per heavy atom. The van der Waals surface area contributed by atoms with Gasteiger partial charge in [-0.25, -0.2) is 14.8 Å². The van der Waals surface area contributed by atoms with Crippen LogP contribution >= 0.6 is 11.3 Å². The zero-order valence-electron chi connectivity index (χ0n) is 13.5. The van der Waals surface area contributed by atoms with Crippen LogP contribution < -0.4 is 4.74 Å².